The maximum atomic E-state index is 12.7. The Morgan fingerprint density at radius 3 is 2.50 bits per heavy atom. The molecule has 1 aromatic rings. The van der Waals surface area contributed by atoms with Crippen LogP contribution >= 0.6 is 11.6 Å². The number of rotatable bonds is 4. The van der Waals surface area contributed by atoms with Crippen LogP contribution in [0, 0.1) is 0 Å². The molecule has 0 aliphatic carbocycles. The maximum absolute atomic E-state index is 12.7. The summed E-state index contributed by atoms with van der Waals surface area (Å²) in [6.45, 7) is 6.36. The number of hydrogen-bond acceptors (Lipinski definition) is 4. The van der Waals surface area contributed by atoms with Crippen molar-refractivity contribution in [3.63, 3.8) is 0 Å². The van der Waals surface area contributed by atoms with E-state index in [1.165, 1.54) is 4.31 Å². The van der Waals surface area contributed by atoms with Crippen LogP contribution in [0.4, 0.5) is 4.79 Å². The first-order valence-corrected chi connectivity index (χ1v) is 10.6. The molecule has 1 fully saturated rings. The van der Waals surface area contributed by atoms with Crippen LogP contribution in [-0.4, -0.2) is 55.5 Å². The van der Waals surface area contributed by atoms with Gasteiger partial charge >= 0.3 is 6.09 Å². The maximum Gasteiger partial charge on any atom is 0.410 e. The fourth-order valence-electron chi connectivity index (χ4n) is 2.86. The van der Waals surface area contributed by atoms with Gasteiger partial charge in [-0.3, -0.25) is 0 Å². The Bertz CT molecular complexity index is 729. The largest absolute Gasteiger partial charge is 0.444 e. The molecule has 6 nitrogen and oxygen atoms in total. The van der Waals surface area contributed by atoms with Crippen molar-refractivity contribution >= 4 is 27.7 Å². The van der Waals surface area contributed by atoms with Gasteiger partial charge in [0.05, 0.1) is 5.75 Å². The summed E-state index contributed by atoms with van der Waals surface area (Å²) in [5.41, 5.74) is 0.109. The second-order valence-corrected chi connectivity index (χ2v) is 10.1. The number of nitrogens with zero attached hydrogens (tertiary/aromatic N) is 2. The molecule has 0 N–H and O–H groups in total. The summed E-state index contributed by atoms with van der Waals surface area (Å²) in [6, 6.07) is 6.52. The number of ether oxygens (including phenoxy) is 1. The third-order valence-electron chi connectivity index (χ3n) is 4.26. The zero-order chi connectivity index (χ0) is 19.5. The highest BCUT2D eigenvalue weighted by Gasteiger charge is 2.33. The molecule has 146 valence electrons. The fraction of sp³-hybridized carbons (Fsp3) is 0.611. The summed E-state index contributed by atoms with van der Waals surface area (Å²) < 4.78 is 32.3. The SMILES string of the molecule is CN([C@H]1CCCN(C(=O)OC(C)(C)C)C1)S(=O)(=O)Cc1ccc(Cl)cc1. The third-order valence-corrected chi connectivity index (χ3v) is 6.39. The molecule has 0 spiro atoms. The summed E-state index contributed by atoms with van der Waals surface area (Å²) in [5.74, 6) is -0.0936. The van der Waals surface area contributed by atoms with E-state index in [9.17, 15) is 13.2 Å². The van der Waals surface area contributed by atoms with Gasteiger partial charge in [0.2, 0.25) is 10.0 Å². The van der Waals surface area contributed by atoms with E-state index in [0.717, 1.165) is 12.8 Å². The molecular weight excluding hydrogens is 376 g/mol. The lowest BCUT2D eigenvalue weighted by atomic mass is 10.1. The molecule has 2 rings (SSSR count). The molecule has 1 atom stereocenters. The molecule has 0 radical (unpaired) electrons. The molecule has 1 aliphatic heterocycles. The Morgan fingerprint density at radius 2 is 1.92 bits per heavy atom. The van der Waals surface area contributed by atoms with E-state index < -0.39 is 21.7 Å². The highest BCUT2D eigenvalue weighted by Crippen LogP contribution is 2.22. The van der Waals surface area contributed by atoms with Crippen molar-refractivity contribution in [2.75, 3.05) is 20.1 Å². The standard InChI is InChI=1S/C18H27ClN2O4S/c1-18(2,3)25-17(22)21-11-5-6-16(12-21)20(4)26(23,24)13-14-7-9-15(19)10-8-14/h7-10,16H,5-6,11-13H2,1-4H3/t16-/m0/s1. The fourth-order valence-corrected chi connectivity index (χ4v) is 4.43. The summed E-state index contributed by atoms with van der Waals surface area (Å²) in [6.07, 6.45) is 1.06. The van der Waals surface area contributed by atoms with Gasteiger partial charge in [-0.2, -0.15) is 4.31 Å². The molecule has 0 aromatic heterocycles. The number of piperidine rings is 1. The quantitative estimate of drug-likeness (QED) is 0.772. The number of sulfonamides is 1. The first-order chi connectivity index (χ1) is 12.0. The van der Waals surface area contributed by atoms with Crippen molar-refractivity contribution < 1.29 is 17.9 Å². The van der Waals surface area contributed by atoms with Gasteiger partial charge in [0, 0.05) is 31.2 Å². The molecule has 8 heteroatoms. The van der Waals surface area contributed by atoms with Gasteiger partial charge in [-0.25, -0.2) is 13.2 Å². The number of hydrogen-bond donors (Lipinski definition) is 0. The van der Waals surface area contributed by atoms with Gasteiger partial charge < -0.3 is 9.64 Å². The van der Waals surface area contributed by atoms with E-state index in [2.05, 4.69) is 0 Å². The van der Waals surface area contributed by atoms with Crippen LogP contribution in [-0.2, 0) is 20.5 Å². The topological polar surface area (TPSA) is 66.9 Å². The molecule has 1 heterocycles. The van der Waals surface area contributed by atoms with Crippen LogP contribution in [0.2, 0.25) is 5.02 Å². The van der Waals surface area contributed by atoms with Crippen molar-refractivity contribution in [1.82, 2.24) is 9.21 Å². The zero-order valence-electron chi connectivity index (χ0n) is 15.7. The number of carbonyl (C=O) groups is 1. The first-order valence-electron chi connectivity index (χ1n) is 8.66. The monoisotopic (exact) mass is 402 g/mol. The molecule has 0 unspecified atom stereocenters. The van der Waals surface area contributed by atoms with Crippen LogP contribution in [0.1, 0.15) is 39.2 Å². The minimum Gasteiger partial charge on any atom is -0.444 e. The second kappa shape index (κ2) is 8.15. The first kappa shape index (κ1) is 21.0. The average molecular weight is 403 g/mol. The van der Waals surface area contributed by atoms with Crippen molar-refractivity contribution in [1.29, 1.82) is 0 Å². The molecule has 1 aliphatic rings. The lowest BCUT2D eigenvalue weighted by Crippen LogP contribution is -2.51. The third kappa shape index (κ3) is 5.86. The van der Waals surface area contributed by atoms with E-state index in [1.807, 2.05) is 20.8 Å². The van der Waals surface area contributed by atoms with E-state index in [-0.39, 0.29) is 11.8 Å². The Morgan fingerprint density at radius 1 is 1.31 bits per heavy atom. The van der Waals surface area contributed by atoms with Crippen LogP contribution < -0.4 is 0 Å². The van der Waals surface area contributed by atoms with Gasteiger partial charge in [0.15, 0.2) is 0 Å². The molecule has 1 amide bonds. The van der Waals surface area contributed by atoms with Gasteiger partial charge in [-0.05, 0) is 51.3 Å². The molecule has 0 saturated carbocycles. The molecule has 1 aromatic carbocycles. The van der Waals surface area contributed by atoms with Crippen LogP contribution in [0.3, 0.4) is 0 Å². The predicted octanol–water partition coefficient (Wildman–Crippen LogP) is 3.50. The van der Waals surface area contributed by atoms with Crippen molar-refractivity contribution in [3.05, 3.63) is 34.9 Å². The number of likely N-dealkylation sites (tertiary alicyclic amines) is 1. The van der Waals surface area contributed by atoms with Crippen molar-refractivity contribution in [3.8, 4) is 0 Å². The van der Waals surface area contributed by atoms with Gasteiger partial charge in [-0.15, -0.1) is 0 Å². The van der Waals surface area contributed by atoms with Crippen molar-refractivity contribution in [2.45, 2.75) is 51.0 Å². The van der Waals surface area contributed by atoms with Gasteiger partial charge in [0.25, 0.3) is 0 Å². The molecule has 26 heavy (non-hydrogen) atoms. The molecule has 0 bridgehead atoms. The van der Waals surface area contributed by atoms with E-state index in [4.69, 9.17) is 16.3 Å². The highest BCUT2D eigenvalue weighted by molar-refractivity contribution is 7.88. The summed E-state index contributed by atoms with van der Waals surface area (Å²) in [4.78, 5) is 13.9. The highest BCUT2D eigenvalue weighted by atomic mass is 35.5. The van der Waals surface area contributed by atoms with Gasteiger partial charge in [0.1, 0.15) is 5.60 Å². The van der Waals surface area contributed by atoms with E-state index in [1.54, 1.807) is 36.2 Å². The average Bonchev–Trinajstić information content (AvgIpc) is 2.54. The summed E-state index contributed by atoms with van der Waals surface area (Å²) in [5, 5.41) is 0.569. The summed E-state index contributed by atoms with van der Waals surface area (Å²) >= 11 is 5.85. The predicted molar refractivity (Wildman–Crippen MR) is 103 cm³/mol. The normalized spacial score (nSPS) is 18.8. The Hall–Kier alpha value is -1.31. The number of amides is 1. The molecular formula is C18H27ClN2O4S. The van der Waals surface area contributed by atoms with Crippen LogP contribution in [0.5, 0.6) is 0 Å². The second-order valence-electron chi connectivity index (χ2n) is 7.62. The smallest absolute Gasteiger partial charge is 0.410 e. The minimum absolute atomic E-state index is 0.0936. The zero-order valence-corrected chi connectivity index (χ0v) is 17.3. The van der Waals surface area contributed by atoms with Crippen molar-refractivity contribution in [2.24, 2.45) is 0 Å². The lowest BCUT2D eigenvalue weighted by Gasteiger charge is -2.37. The Labute approximate surface area is 161 Å². The van der Waals surface area contributed by atoms with E-state index >= 15 is 0 Å². The van der Waals surface area contributed by atoms with Crippen LogP contribution in [0.25, 0.3) is 0 Å². The van der Waals surface area contributed by atoms with E-state index in [0.29, 0.717) is 23.7 Å². The summed E-state index contributed by atoms with van der Waals surface area (Å²) in [7, 11) is -1.92. The number of halogens is 1. The Balaban J connectivity index is 2.04. The Kier molecular flexibility index (Phi) is 6.58. The number of likely N-dealkylation sites (N-methyl/N-ethyl adjacent to an activating group) is 1. The molecule has 1 saturated heterocycles. The number of benzene rings is 1. The lowest BCUT2D eigenvalue weighted by molar-refractivity contribution is 0.0163. The number of carbonyl (C=O) groups excluding carboxylic acids is 1. The van der Waals surface area contributed by atoms with Gasteiger partial charge in [-0.1, -0.05) is 23.7 Å². The minimum atomic E-state index is -3.50. The van der Waals surface area contributed by atoms with Crippen LogP contribution in [0.15, 0.2) is 24.3 Å².